The molecule has 1 saturated heterocycles. The van der Waals surface area contributed by atoms with E-state index in [2.05, 4.69) is 34.4 Å². The average molecular weight is 494 g/mol. The second-order valence-electron chi connectivity index (χ2n) is 7.47. The number of rotatable bonds is 8. The fraction of sp³-hybridized carbons (Fsp3) is 0.737. The van der Waals surface area contributed by atoms with Gasteiger partial charge in [0.05, 0.1) is 25.5 Å². The molecule has 1 aromatic rings. The Kier molecular flexibility index (Phi) is 10.6. The minimum absolute atomic E-state index is 0. The number of nitrogens with one attached hydrogen (secondary N) is 2. The van der Waals surface area contributed by atoms with Crippen LogP contribution in [0.2, 0.25) is 0 Å². The Balaban J connectivity index is 0.00000364. The Morgan fingerprint density at radius 3 is 2.85 bits per heavy atom. The number of morpholine rings is 1. The maximum atomic E-state index is 10.5. The summed E-state index contributed by atoms with van der Waals surface area (Å²) in [6.45, 7) is 13.6. The first-order chi connectivity index (χ1) is 12.4. The van der Waals surface area contributed by atoms with Crippen molar-refractivity contribution >= 4 is 29.9 Å². The van der Waals surface area contributed by atoms with E-state index in [1.165, 1.54) is 0 Å². The van der Waals surface area contributed by atoms with Gasteiger partial charge < -0.3 is 24.9 Å². The lowest BCUT2D eigenvalue weighted by Gasteiger charge is -2.34. The molecule has 0 aliphatic carbocycles. The van der Waals surface area contributed by atoms with E-state index in [4.69, 9.17) is 9.15 Å². The van der Waals surface area contributed by atoms with Gasteiger partial charge in [0.25, 0.3) is 0 Å². The number of nitrogens with zero attached hydrogens (tertiary/aromatic N) is 2. The molecular weight excluding hydrogens is 459 g/mol. The molecule has 2 heterocycles. The highest BCUT2D eigenvalue weighted by atomic mass is 127. The van der Waals surface area contributed by atoms with Crippen LogP contribution < -0.4 is 10.6 Å². The number of halogens is 1. The maximum Gasteiger partial charge on any atom is 0.191 e. The third-order valence-corrected chi connectivity index (χ3v) is 4.28. The lowest BCUT2D eigenvalue weighted by Crippen LogP contribution is -2.50. The summed E-state index contributed by atoms with van der Waals surface area (Å²) in [6, 6.07) is 3.52. The molecule has 2 unspecified atom stereocenters. The normalized spacial score (nSPS) is 20.8. The molecule has 0 spiro atoms. The molecule has 0 amide bonds. The fourth-order valence-electron chi connectivity index (χ4n) is 3.03. The summed E-state index contributed by atoms with van der Waals surface area (Å²) in [4.78, 5) is 6.96. The molecule has 7 nitrogen and oxygen atoms in total. The molecule has 0 bridgehead atoms. The van der Waals surface area contributed by atoms with Crippen molar-refractivity contribution in [3.63, 3.8) is 0 Å². The molecule has 156 valence electrons. The second kappa shape index (κ2) is 11.9. The van der Waals surface area contributed by atoms with Crippen LogP contribution in [0, 0.1) is 5.92 Å². The molecule has 0 saturated carbocycles. The van der Waals surface area contributed by atoms with E-state index in [1.54, 1.807) is 25.3 Å². The van der Waals surface area contributed by atoms with Crippen molar-refractivity contribution in [2.75, 3.05) is 45.9 Å². The maximum absolute atomic E-state index is 10.5. The molecule has 0 radical (unpaired) electrons. The first kappa shape index (κ1) is 24.2. The van der Waals surface area contributed by atoms with E-state index in [-0.39, 0.29) is 36.6 Å². The Labute approximate surface area is 180 Å². The van der Waals surface area contributed by atoms with Gasteiger partial charge in [0.15, 0.2) is 5.96 Å². The van der Waals surface area contributed by atoms with Crippen LogP contribution in [-0.4, -0.2) is 67.9 Å². The van der Waals surface area contributed by atoms with Crippen molar-refractivity contribution < 1.29 is 14.3 Å². The predicted molar refractivity (Wildman–Crippen MR) is 119 cm³/mol. The SMILES string of the molecule is CCNC(=NCC(C)(O)c1ccco1)NCC1CN(CC(C)C)CCO1.I. The van der Waals surface area contributed by atoms with Gasteiger partial charge in [-0.3, -0.25) is 4.90 Å². The summed E-state index contributed by atoms with van der Waals surface area (Å²) in [7, 11) is 0. The number of furan rings is 1. The average Bonchev–Trinajstić information content (AvgIpc) is 3.13. The Morgan fingerprint density at radius 1 is 1.44 bits per heavy atom. The topological polar surface area (TPSA) is 82.3 Å². The van der Waals surface area contributed by atoms with Crippen LogP contribution in [-0.2, 0) is 10.3 Å². The number of hydrogen-bond acceptors (Lipinski definition) is 5. The van der Waals surface area contributed by atoms with Crippen LogP contribution in [0.3, 0.4) is 0 Å². The van der Waals surface area contributed by atoms with Crippen molar-refractivity contribution in [3.8, 4) is 0 Å². The van der Waals surface area contributed by atoms with E-state index >= 15 is 0 Å². The van der Waals surface area contributed by atoms with Crippen molar-refractivity contribution in [1.82, 2.24) is 15.5 Å². The van der Waals surface area contributed by atoms with Crippen LogP contribution in [0.4, 0.5) is 0 Å². The molecule has 2 rings (SSSR count). The summed E-state index contributed by atoms with van der Waals surface area (Å²) in [5.41, 5.74) is -1.14. The Hall–Kier alpha value is -0.840. The summed E-state index contributed by atoms with van der Waals surface area (Å²) in [6.07, 6.45) is 1.69. The molecule has 0 aromatic carbocycles. The van der Waals surface area contributed by atoms with Gasteiger partial charge in [0.2, 0.25) is 0 Å². The first-order valence-corrected chi connectivity index (χ1v) is 9.53. The van der Waals surface area contributed by atoms with Gasteiger partial charge in [-0.25, -0.2) is 4.99 Å². The molecule has 2 atom stereocenters. The molecule has 8 heteroatoms. The number of guanidine groups is 1. The van der Waals surface area contributed by atoms with E-state index in [9.17, 15) is 5.11 Å². The fourth-order valence-corrected chi connectivity index (χ4v) is 3.03. The van der Waals surface area contributed by atoms with E-state index in [0.717, 1.165) is 32.8 Å². The number of hydrogen-bond donors (Lipinski definition) is 3. The molecule has 1 aliphatic rings. The standard InChI is InChI=1S/C19H34N4O3.HI/c1-5-20-18(22-14-19(4,24)17-7-6-9-26-17)21-11-16-13-23(8-10-25-16)12-15(2)3;/h6-7,9,15-16,24H,5,8,10-14H2,1-4H3,(H2,20,21,22);1H. The summed E-state index contributed by atoms with van der Waals surface area (Å²) >= 11 is 0. The third-order valence-electron chi connectivity index (χ3n) is 4.28. The van der Waals surface area contributed by atoms with Gasteiger partial charge in [-0.2, -0.15) is 0 Å². The molecule has 27 heavy (non-hydrogen) atoms. The lowest BCUT2D eigenvalue weighted by atomic mass is 10.0. The van der Waals surface area contributed by atoms with Crippen LogP contribution >= 0.6 is 24.0 Å². The Bertz CT molecular complexity index is 549. The Morgan fingerprint density at radius 2 is 2.22 bits per heavy atom. The van der Waals surface area contributed by atoms with Crippen LogP contribution in [0.25, 0.3) is 0 Å². The minimum atomic E-state index is -1.14. The number of aliphatic imine (C=N–C) groups is 1. The van der Waals surface area contributed by atoms with Gasteiger partial charge in [-0.15, -0.1) is 24.0 Å². The summed E-state index contributed by atoms with van der Waals surface area (Å²) < 4.78 is 11.2. The molecule has 1 aromatic heterocycles. The van der Waals surface area contributed by atoms with Gasteiger partial charge in [-0.1, -0.05) is 13.8 Å². The summed E-state index contributed by atoms with van der Waals surface area (Å²) in [5.74, 6) is 1.84. The second-order valence-corrected chi connectivity index (χ2v) is 7.47. The van der Waals surface area contributed by atoms with Crippen molar-refractivity contribution in [2.45, 2.75) is 39.4 Å². The van der Waals surface area contributed by atoms with E-state index < -0.39 is 5.60 Å². The summed E-state index contributed by atoms with van der Waals surface area (Å²) in [5, 5.41) is 17.1. The van der Waals surface area contributed by atoms with E-state index in [1.807, 2.05) is 6.92 Å². The highest BCUT2D eigenvalue weighted by Crippen LogP contribution is 2.21. The van der Waals surface area contributed by atoms with Crippen molar-refractivity contribution in [3.05, 3.63) is 24.2 Å². The van der Waals surface area contributed by atoms with Crippen LogP contribution in [0.1, 0.15) is 33.5 Å². The van der Waals surface area contributed by atoms with Crippen molar-refractivity contribution in [1.29, 1.82) is 0 Å². The highest BCUT2D eigenvalue weighted by Gasteiger charge is 2.26. The minimum Gasteiger partial charge on any atom is -0.466 e. The zero-order valence-corrected chi connectivity index (χ0v) is 19.2. The quantitative estimate of drug-likeness (QED) is 0.292. The zero-order chi connectivity index (χ0) is 19.0. The highest BCUT2D eigenvalue weighted by molar-refractivity contribution is 14.0. The molecule has 3 N–H and O–H groups in total. The number of ether oxygens (including phenoxy) is 1. The molecule has 1 fully saturated rings. The van der Waals surface area contributed by atoms with Gasteiger partial charge in [-0.05, 0) is 31.9 Å². The van der Waals surface area contributed by atoms with Crippen molar-refractivity contribution in [2.24, 2.45) is 10.9 Å². The van der Waals surface area contributed by atoms with E-state index in [0.29, 0.717) is 24.2 Å². The lowest BCUT2D eigenvalue weighted by molar-refractivity contribution is -0.0284. The third kappa shape index (κ3) is 8.37. The van der Waals surface area contributed by atoms with Gasteiger partial charge >= 0.3 is 0 Å². The van der Waals surface area contributed by atoms with Gasteiger partial charge in [0.1, 0.15) is 11.4 Å². The first-order valence-electron chi connectivity index (χ1n) is 9.53. The van der Waals surface area contributed by atoms with Crippen LogP contribution in [0.15, 0.2) is 27.8 Å². The monoisotopic (exact) mass is 494 g/mol. The number of aliphatic hydroxyl groups is 1. The van der Waals surface area contributed by atoms with Gasteiger partial charge in [0, 0.05) is 32.7 Å². The predicted octanol–water partition coefficient (Wildman–Crippen LogP) is 2.02. The molecular formula is C19H35IN4O3. The van der Waals surface area contributed by atoms with Crippen LogP contribution in [0.5, 0.6) is 0 Å². The smallest absolute Gasteiger partial charge is 0.191 e. The molecule has 1 aliphatic heterocycles. The largest absolute Gasteiger partial charge is 0.466 e. The zero-order valence-electron chi connectivity index (χ0n) is 16.9.